The van der Waals surface area contributed by atoms with E-state index in [2.05, 4.69) is 180 Å². The molecule has 0 amide bonds. The van der Waals surface area contributed by atoms with Gasteiger partial charge in [-0.25, -0.2) is 0 Å². The molecule has 0 saturated carbocycles. The second kappa shape index (κ2) is 20.5. The van der Waals surface area contributed by atoms with Crippen LogP contribution in [0.1, 0.15) is 48.9 Å². The summed E-state index contributed by atoms with van der Waals surface area (Å²) in [4.78, 5) is 0. The van der Waals surface area contributed by atoms with Crippen LogP contribution in [-0.4, -0.2) is 28.6 Å². The number of hydrogen-bond acceptors (Lipinski definition) is 1. The molecule has 0 saturated heterocycles. The minimum atomic E-state index is -1.22. The van der Waals surface area contributed by atoms with Gasteiger partial charge < -0.3 is 4.14 Å². The van der Waals surface area contributed by atoms with E-state index in [4.69, 9.17) is 25.0 Å². The summed E-state index contributed by atoms with van der Waals surface area (Å²) in [5.41, 5.74) is 11.0. The Labute approximate surface area is 331 Å². The Morgan fingerprint density at radius 2 is 0.902 bits per heavy atom. The van der Waals surface area contributed by atoms with Crippen molar-refractivity contribution >= 4 is 63.0 Å². The van der Waals surface area contributed by atoms with E-state index in [1.165, 1.54) is 91.7 Å². The fraction of sp³-hybridized carbons (Fsp3) is 0.318. The predicted octanol–water partition coefficient (Wildman–Crippen LogP) is 14.4. The summed E-state index contributed by atoms with van der Waals surface area (Å²) in [5.74, 6) is 0. The number of hydrogen-bond donors (Lipinski definition) is 0. The molecule has 51 heavy (non-hydrogen) atoms. The number of fused-ring (bicyclic) bond motifs is 2. The Morgan fingerprint density at radius 3 is 1.20 bits per heavy atom. The Hall–Kier alpha value is -1.98. The number of nitrogens with zero attached hydrogens (tertiary/aromatic N) is 1. The maximum absolute atomic E-state index is 5.98. The molecule has 0 aliphatic carbocycles. The monoisotopic (exact) mass is 825 g/mol. The van der Waals surface area contributed by atoms with Gasteiger partial charge in [-0.2, -0.15) is 12.1 Å². The molecule has 0 unspecified atom stereocenters. The van der Waals surface area contributed by atoms with Gasteiger partial charge in [-0.05, 0) is 48.9 Å². The first-order valence-corrected chi connectivity index (χ1v) is 31.4. The SMILES string of the molecule is CCCc1cc2c(-c3ccccc3C)cccc2[cH-]1.CCCc1cc2c(-c3ccccc3C)cccc2[cH-]1.[B]N([Si](C)(C)C)[Si](C)(C)C.[Cl][Zr+2][Cl]. The van der Waals surface area contributed by atoms with Crippen LogP contribution in [-0.2, 0) is 33.7 Å². The second-order valence-corrected chi connectivity index (χ2v) is 29.1. The summed E-state index contributed by atoms with van der Waals surface area (Å²) < 4.78 is 2.15. The van der Waals surface area contributed by atoms with Gasteiger partial charge in [-0.1, -0.05) is 138 Å². The molecule has 0 aliphatic heterocycles. The molecular formula is C44H56BCl2NSi2Zr. The van der Waals surface area contributed by atoms with Crippen LogP contribution in [0.25, 0.3) is 43.8 Å². The first-order chi connectivity index (χ1) is 24.2. The van der Waals surface area contributed by atoms with Gasteiger partial charge in [0, 0.05) is 0 Å². The van der Waals surface area contributed by atoms with E-state index in [9.17, 15) is 0 Å². The topological polar surface area (TPSA) is 3.24 Å². The van der Waals surface area contributed by atoms with Crippen molar-refractivity contribution < 1.29 is 20.8 Å². The molecule has 6 aromatic carbocycles. The average molecular weight is 828 g/mol. The standard InChI is InChI=1S/2C19H19.C6H18BNSi2.2ClH.Zr/c2*1-3-7-15-12-16-9-6-11-18(19(16)13-15)17-10-5-4-8-14(17)2;1-9(2,3)8(7)10(4,5)6;;;/h2*4-6,8-13H,3,7H2,1-2H3;1-6H3;2*1H;/q2*-1;;;;+4/p-2. The van der Waals surface area contributed by atoms with Gasteiger partial charge in [0.1, 0.15) is 16.5 Å². The quantitative estimate of drug-likeness (QED) is 0.109. The first kappa shape index (κ1) is 43.4. The van der Waals surface area contributed by atoms with Crippen molar-refractivity contribution in [2.75, 3.05) is 0 Å². The van der Waals surface area contributed by atoms with E-state index in [0.29, 0.717) is 0 Å². The van der Waals surface area contributed by atoms with E-state index in [1.807, 2.05) is 0 Å². The molecule has 0 aromatic heterocycles. The molecule has 0 fully saturated rings. The van der Waals surface area contributed by atoms with Crippen LogP contribution in [0.4, 0.5) is 0 Å². The molecule has 7 heteroatoms. The van der Waals surface area contributed by atoms with E-state index in [-0.39, 0.29) is 0 Å². The summed E-state index contributed by atoms with van der Waals surface area (Å²) in [5, 5.41) is 5.51. The van der Waals surface area contributed by atoms with Gasteiger partial charge in [-0.3, -0.25) is 0 Å². The number of rotatable bonds is 8. The van der Waals surface area contributed by atoms with Crippen molar-refractivity contribution in [3.05, 3.63) is 131 Å². The Balaban J connectivity index is 0.000000209. The maximum atomic E-state index is 5.98. The zero-order valence-corrected chi connectivity index (χ0v) is 38.5. The zero-order chi connectivity index (χ0) is 37.8. The molecule has 0 bridgehead atoms. The summed E-state index contributed by atoms with van der Waals surface area (Å²) >= 11 is -0.826. The first-order valence-electron chi connectivity index (χ1n) is 18.2. The summed E-state index contributed by atoms with van der Waals surface area (Å²) in [6.45, 7) is 22.5. The number of halogens is 2. The van der Waals surface area contributed by atoms with Gasteiger partial charge in [0.2, 0.25) is 0 Å². The Kier molecular flexibility index (Phi) is 17.4. The van der Waals surface area contributed by atoms with Gasteiger partial charge in [-0.15, -0.1) is 69.1 Å². The van der Waals surface area contributed by atoms with Crippen LogP contribution in [0, 0.1) is 13.8 Å². The third kappa shape index (κ3) is 12.6. The fourth-order valence-corrected chi connectivity index (χ4v) is 14.7. The zero-order valence-electron chi connectivity index (χ0n) is 32.5. The van der Waals surface area contributed by atoms with Gasteiger partial charge in [0.05, 0.1) is 0 Å². The molecular weight excluding hydrogens is 772 g/mol. The Morgan fingerprint density at radius 1 is 0.569 bits per heavy atom. The van der Waals surface area contributed by atoms with Crippen LogP contribution in [0.5, 0.6) is 0 Å². The van der Waals surface area contributed by atoms with Crippen LogP contribution >= 0.6 is 17.0 Å². The van der Waals surface area contributed by atoms with E-state index >= 15 is 0 Å². The Bertz CT molecular complexity index is 1810. The van der Waals surface area contributed by atoms with Crippen LogP contribution < -0.4 is 0 Å². The van der Waals surface area contributed by atoms with Crippen molar-refractivity contribution in [1.29, 1.82) is 0 Å². The number of benzene rings is 4. The summed E-state index contributed by atoms with van der Waals surface area (Å²) in [6.07, 6.45) is 4.75. The minimum absolute atomic E-state index is 0.826. The predicted molar refractivity (Wildman–Crippen MR) is 233 cm³/mol. The van der Waals surface area contributed by atoms with Crippen LogP contribution in [0.3, 0.4) is 0 Å². The normalized spacial score (nSPS) is 11.2. The van der Waals surface area contributed by atoms with Crippen LogP contribution in [0.15, 0.2) is 109 Å². The average Bonchev–Trinajstić information content (AvgIpc) is 3.69. The molecule has 0 aliphatic rings. The van der Waals surface area contributed by atoms with Crippen molar-refractivity contribution in [3.63, 3.8) is 0 Å². The molecule has 1 nitrogen and oxygen atoms in total. The molecule has 0 N–H and O–H groups in total. The fourth-order valence-electron chi connectivity index (χ4n) is 6.69. The van der Waals surface area contributed by atoms with Gasteiger partial charge >= 0.3 is 37.9 Å². The van der Waals surface area contributed by atoms with Crippen molar-refractivity contribution in [1.82, 2.24) is 4.14 Å². The molecule has 0 spiro atoms. The van der Waals surface area contributed by atoms with Crippen molar-refractivity contribution in [2.45, 2.75) is 92.7 Å². The van der Waals surface area contributed by atoms with Crippen molar-refractivity contribution in [2.24, 2.45) is 0 Å². The summed E-state index contributed by atoms with van der Waals surface area (Å²) in [7, 11) is 13.4. The molecule has 6 rings (SSSR count). The molecule has 2 radical (unpaired) electrons. The van der Waals surface area contributed by atoms with E-state index in [0.717, 1.165) is 0 Å². The van der Waals surface area contributed by atoms with Gasteiger partial charge in [0.25, 0.3) is 0 Å². The van der Waals surface area contributed by atoms with E-state index in [1.54, 1.807) is 0 Å². The number of aryl methyl sites for hydroxylation is 4. The molecule has 0 atom stereocenters. The second-order valence-electron chi connectivity index (χ2n) is 15.3. The van der Waals surface area contributed by atoms with Crippen LogP contribution in [0.2, 0.25) is 39.3 Å². The summed E-state index contributed by atoms with van der Waals surface area (Å²) in [6, 6.07) is 39.9. The van der Waals surface area contributed by atoms with Gasteiger partial charge in [0.15, 0.2) is 7.98 Å². The van der Waals surface area contributed by atoms with Crippen molar-refractivity contribution in [3.8, 4) is 22.3 Å². The van der Waals surface area contributed by atoms with E-state index < -0.39 is 37.3 Å². The molecule has 0 heterocycles. The third-order valence-electron chi connectivity index (χ3n) is 9.01. The molecule has 266 valence electrons. The molecule has 6 aromatic rings. The third-order valence-corrected chi connectivity index (χ3v) is 15.9.